The summed E-state index contributed by atoms with van der Waals surface area (Å²) in [4.78, 5) is 17.9. The Morgan fingerprint density at radius 2 is 1.67 bits per heavy atom. The summed E-state index contributed by atoms with van der Waals surface area (Å²) in [6, 6.07) is 10.4. The lowest BCUT2D eigenvalue weighted by Crippen LogP contribution is -2.42. The molecule has 6 heteroatoms. The molecule has 2 N–H and O–H groups in total. The van der Waals surface area contributed by atoms with Crippen molar-refractivity contribution >= 4 is 11.9 Å². The third kappa shape index (κ3) is 8.26. The average molecular weight is 252 g/mol. The van der Waals surface area contributed by atoms with Gasteiger partial charge in [0.15, 0.2) is 0 Å². The number of carboxylic acids is 2. The minimum atomic E-state index is -2.19. The molecule has 0 aromatic heterocycles. The summed E-state index contributed by atoms with van der Waals surface area (Å²) in [6.07, 6.45) is 1.03. The second-order valence-corrected chi connectivity index (χ2v) is 3.44. The molecule has 0 atom stereocenters. The van der Waals surface area contributed by atoms with Crippen LogP contribution in [0.2, 0.25) is 0 Å². The van der Waals surface area contributed by atoms with E-state index in [1.165, 1.54) is 5.56 Å². The van der Waals surface area contributed by atoms with Gasteiger partial charge in [0.25, 0.3) is 0 Å². The van der Waals surface area contributed by atoms with Crippen molar-refractivity contribution in [2.24, 2.45) is 5.84 Å². The van der Waals surface area contributed by atoms with Gasteiger partial charge in [0.05, 0.1) is 11.9 Å². The molecule has 18 heavy (non-hydrogen) atoms. The molecule has 6 nitrogen and oxygen atoms in total. The molecule has 0 fully saturated rings. The molecular formula is C12H16N2O4-2. The number of hydrazine groups is 1. The first-order valence-corrected chi connectivity index (χ1v) is 5.43. The molecule has 0 heterocycles. The highest BCUT2D eigenvalue weighted by Crippen LogP contribution is 1.99. The first-order chi connectivity index (χ1) is 8.47. The van der Waals surface area contributed by atoms with Gasteiger partial charge >= 0.3 is 0 Å². The molecule has 100 valence electrons. The molecule has 0 aliphatic carbocycles. The Kier molecular flexibility index (Phi) is 8.17. The number of carboxylic acid groups (broad SMARTS) is 2. The summed E-state index contributed by atoms with van der Waals surface area (Å²) < 4.78 is 0. The molecule has 0 aliphatic heterocycles. The number of hydrogen-bond acceptors (Lipinski definition) is 6. The Hall–Kier alpha value is -1.92. The van der Waals surface area contributed by atoms with Gasteiger partial charge in [-0.15, -0.1) is 0 Å². The zero-order valence-electron chi connectivity index (χ0n) is 10.2. The summed E-state index contributed by atoms with van der Waals surface area (Å²) in [7, 11) is 0. The second kappa shape index (κ2) is 9.15. The first kappa shape index (κ1) is 16.1. The fourth-order valence-corrected chi connectivity index (χ4v) is 1.08. The molecule has 0 bridgehead atoms. The van der Waals surface area contributed by atoms with Gasteiger partial charge in [-0.1, -0.05) is 37.3 Å². The highest BCUT2D eigenvalue weighted by molar-refractivity contribution is 6.25. The van der Waals surface area contributed by atoms with Crippen molar-refractivity contribution in [3.8, 4) is 0 Å². The van der Waals surface area contributed by atoms with Gasteiger partial charge in [0, 0.05) is 13.1 Å². The third-order valence-electron chi connectivity index (χ3n) is 2.10. The molecular weight excluding hydrogens is 236 g/mol. The smallest absolute Gasteiger partial charge is 0.0870 e. The van der Waals surface area contributed by atoms with Crippen LogP contribution in [0.15, 0.2) is 30.3 Å². The van der Waals surface area contributed by atoms with Crippen molar-refractivity contribution in [1.29, 1.82) is 0 Å². The van der Waals surface area contributed by atoms with Crippen LogP contribution < -0.4 is 16.1 Å². The summed E-state index contributed by atoms with van der Waals surface area (Å²) >= 11 is 0. The zero-order valence-corrected chi connectivity index (χ0v) is 10.2. The maximum absolute atomic E-state index is 8.93. The van der Waals surface area contributed by atoms with Gasteiger partial charge in [-0.3, -0.25) is 5.84 Å². The lowest BCUT2D eigenvalue weighted by Gasteiger charge is -2.12. The summed E-state index contributed by atoms with van der Waals surface area (Å²) in [5, 5.41) is 19.7. The highest BCUT2D eigenvalue weighted by atomic mass is 16.4. The first-order valence-electron chi connectivity index (χ1n) is 5.43. The number of likely N-dealkylation sites (N-methyl/N-ethyl adjacent to an activating group) is 1. The Bertz CT molecular complexity index is 356. The predicted octanol–water partition coefficient (Wildman–Crippen LogP) is -2.09. The van der Waals surface area contributed by atoms with Crippen molar-refractivity contribution < 1.29 is 19.8 Å². The van der Waals surface area contributed by atoms with Gasteiger partial charge in [-0.2, -0.15) is 0 Å². The zero-order chi connectivity index (χ0) is 14.0. The van der Waals surface area contributed by atoms with Gasteiger partial charge in [-0.25, -0.2) is 5.01 Å². The van der Waals surface area contributed by atoms with Crippen LogP contribution >= 0.6 is 0 Å². The largest absolute Gasteiger partial charge is 0.543 e. The van der Waals surface area contributed by atoms with Crippen molar-refractivity contribution in [3.05, 3.63) is 35.9 Å². The van der Waals surface area contributed by atoms with Crippen molar-refractivity contribution in [2.75, 3.05) is 13.1 Å². The maximum atomic E-state index is 8.93. The standard InChI is InChI=1S/C10H16N2.C2H2O4/c1-2-12(11)9-8-10-6-4-3-5-7-10;3-1(4)2(5)6/h3-7H,2,8-9,11H2,1H3;(H,3,4)(H,5,6)/p-2. The molecule has 0 unspecified atom stereocenters. The topological polar surface area (TPSA) is 110 Å². The Morgan fingerprint density at radius 3 is 2.06 bits per heavy atom. The van der Waals surface area contributed by atoms with E-state index in [0.717, 1.165) is 19.5 Å². The van der Waals surface area contributed by atoms with Crippen LogP contribution in [0.1, 0.15) is 12.5 Å². The number of hydrogen-bond donors (Lipinski definition) is 1. The van der Waals surface area contributed by atoms with Crippen LogP contribution in [-0.2, 0) is 16.0 Å². The Balaban J connectivity index is 0.000000411. The van der Waals surface area contributed by atoms with Crippen LogP contribution in [0.3, 0.4) is 0 Å². The molecule has 0 saturated carbocycles. The molecule has 0 amide bonds. The van der Waals surface area contributed by atoms with E-state index in [4.69, 9.17) is 25.6 Å². The quantitative estimate of drug-likeness (QED) is 0.374. The maximum Gasteiger partial charge on any atom is 0.0870 e. The van der Waals surface area contributed by atoms with Crippen molar-refractivity contribution in [2.45, 2.75) is 13.3 Å². The Labute approximate surface area is 106 Å². The SMILES string of the molecule is CCN(N)CCc1ccccc1.O=C([O-])C(=O)[O-]. The second-order valence-electron chi connectivity index (χ2n) is 3.44. The monoisotopic (exact) mass is 252 g/mol. The molecule has 1 aromatic carbocycles. The number of carbonyl (C=O) groups excluding carboxylic acids is 2. The van der Waals surface area contributed by atoms with Crippen molar-refractivity contribution in [3.63, 3.8) is 0 Å². The van der Waals surface area contributed by atoms with E-state index in [1.54, 1.807) is 0 Å². The van der Waals surface area contributed by atoms with Crippen LogP contribution in [0.5, 0.6) is 0 Å². The fraction of sp³-hybridized carbons (Fsp3) is 0.333. The minimum Gasteiger partial charge on any atom is -0.543 e. The third-order valence-corrected chi connectivity index (χ3v) is 2.10. The van der Waals surface area contributed by atoms with E-state index in [2.05, 4.69) is 31.2 Å². The summed E-state index contributed by atoms with van der Waals surface area (Å²) in [5.41, 5.74) is 1.35. The summed E-state index contributed by atoms with van der Waals surface area (Å²) in [5.74, 6) is 1.28. The van der Waals surface area contributed by atoms with Gasteiger partial charge < -0.3 is 19.8 Å². The fourth-order valence-electron chi connectivity index (χ4n) is 1.08. The number of carbonyl (C=O) groups is 2. The average Bonchev–Trinajstić information content (AvgIpc) is 2.37. The number of benzene rings is 1. The predicted molar refractivity (Wildman–Crippen MR) is 61.6 cm³/mol. The molecule has 1 aromatic rings. The highest BCUT2D eigenvalue weighted by Gasteiger charge is 1.95. The van der Waals surface area contributed by atoms with E-state index in [-0.39, 0.29) is 0 Å². The van der Waals surface area contributed by atoms with Gasteiger partial charge in [-0.05, 0) is 12.0 Å². The van der Waals surface area contributed by atoms with Gasteiger partial charge in [0.1, 0.15) is 0 Å². The van der Waals surface area contributed by atoms with E-state index in [0.29, 0.717) is 0 Å². The van der Waals surface area contributed by atoms with Crippen LogP contribution in [-0.4, -0.2) is 30.0 Å². The van der Waals surface area contributed by atoms with E-state index in [1.807, 2.05) is 11.1 Å². The summed E-state index contributed by atoms with van der Waals surface area (Å²) in [6.45, 7) is 3.90. The molecule has 0 spiro atoms. The van der Waals surface area contributed by atoms with E-state index < -0.39 is 11.9 Å². The molecule has 0 aliphatic rings. The lowest BCUT2D eigenvalue weighted by molar-refractivity contribution is -0.345. The number of aliphatic carboxylic acids is 2. The normalized spacial score (nSPS) is 9.50. The Morgan fingerprint density at radius 1 is 1.17 bits per heavy atom. The number of nitrogens with two attached hydrogens (primary N) is 1. The molecule has 1 rings (SSSR count). The minimum absolute atomic E-state index is 0.910. The van der Waals surface area contributed by atoms with Gasteiger partial charge in [0.2, 0.25) is 0 Å². The van der Waals surface area contributed by atoms with Crippen LogP contribution in [0.4, 0.5) is 0 Å². The van der Waals surface area contributed by atoms with Crippen molar-refractivity contribution in [1.82, 2.24) is 5.01 Å². The lowest BCUT2D eigenvalue weighted by atomic mass is 10.1. The van der Waals surface area contributed by atoms with Crippen LogP contribution in [0, 0.1) is 0 Å². The number of nitrogens with zero attached hydrogens (tertiary/aromatic N) is 1. The van der Waals surface area contributed by atoms with Crippen LogP contribution in [0.25, 0.3) is 0 Å². The molecule has 0 radical (unpaired) electrons. The number of rotatable bonds is 4. The molecule has 0 saturated heterocycles. The van der Waals surface area contributed by atoms with E-state index >= 15 is 0 Å². The van der Waals surface area contributed by atoms with E-state index in [9.17, 15) is 0 Å².